The number of hydrogen-bond donors (Lipinski definition) is 1. The Morgan fingerprint density at radius 2 is 1.64 bits per heavy atom. The van der Waals surface area contributed by atoms with Crippen LogP contribution in [-0.4, -0.2) is 71.2 Å². The number of likely N-dealkylation sites (tertiary alicyclic amines) is 1. The van der Waals surface area contributed by atoms with Crippen molar-refractivity contribution in [2.24, 2.45) is 5.92 Å². The van der Waals surface area contributed by atoms with Crippen LogP contribution >= 0.6 is 0 Å². The van der Waals surface area contributed by atoms with E-state index < -0.39 is 0 Å². The van der Waals surface area contributed by atoms with Gasteiger partial charge in [0.2, 0.25) is 5.91 Å². The maximum Gasteiger partial charge on any atom is 0.253 e. The van der Waals surface area contributed by atoms with Crippen LogP contribution in [-0.2, 0) is 9.53 Å². The van der Waals surface area contributed by atoms with Crippen LogP contribution in [0.5, 0.6) is 0 Å². The largest absolute Gasteiger partial charge is 0.378 e. The second kappa shape index (κ2) is 9.58. The summed E-state index contributed by atoms with van der Waals surface area (Å²) >= 11 is 0. The number of carbonyl (C=O) groups is 2. The van der Waals surface area contributed by atoms with Crippen molar-refractivity contribution < 1.29 is 14.3 Å². The van der Waals surface area contributed by atoms with E-state index in [1.807, 2.05) is 70.5 Å². The number of benzene rings is 2. The van der Waals surface area contributed by atoms with E-state index in [1.54, 1.807) is 0 Å². The zero-order valence-corrected chi connectivity index (χ0v) is 18.6. The van der Waals surface area contributed by atoms with Gasteiger partial charge >= 0.3 is 0 Å². The first-order valence-electron chi connectivity index (χ1n) is 11.6. The Bertz CT molecular complexity index is 1150. The smallest absolute Gasteiger partial charge is 0.253 e. The number of carbonyl (C=O) groups excluding carboxylic acids is 2. The number of nitrogens with one attached hydrogen (secondary N) is 1. The number of H-pyrrole nitrogens is 1. The van der Waals surface area contributed by atoms with Crippen LogP contribution in [0.1, 0.15) is 34.5 Å². The normalized spacial score (nSPS) is 17.7. The number of morpholine rings is 1. The highest BCUT2D eigenvalue weighted by molar-refractivity contribution is 5.95. The molecule has 2 saturated heterocycles. The lowest BCUT2D eigenvalue weighted by molar-refractivity contribution is -0.141. The quantitative estimate of drug-likeness (QED) is 0.669. The van der Waals surface area contributed by atoms with Crippen molar-refractivity contribution in [1.82, 2.24) is 20.0 Å². The summed E-state index contributed by atoms with van der Waals surface area (Å²) in [6.07, 6.45) is 5.42. The predicted molar refractivity (Wildman–Crippen MR) is 127 cm³/mol. The summed E-state index contributed by atoms with van der Waals surface area (Å²) in [4.78, 5) is 29.4. The van der Waals surface area contributed by atoms with E-state index >= 15 is 0 Å². The highest BCUT2D eigenvalue weighted by Gasteiger charge is 2.31. The van der Waals surface area contributed by atoms with Gasteiger partial charge in [0.1, 0.15) is 0 Å². The Labute approximate surface area is 193 Å². The summed E-state index contributed by atoms with van der Waals surface area (Å²) in [5.74, 6) is 0.255. The number of hydrogen-bond acceptors (Lipinski definition) is 4. The highest BCUT2D eigenvalue weighted by atomic mass is 16.5. The molecule has 0 saturated carbocycles. The van der Waals surface area contributed by atoms with Crippen molar-refractivity contribution >= 4 is 34.9 Å². The average molecular weight is 445 g/mol. The lowest BCUT2D eigenvalue weighted by Crippen LogP contribution is -2.47. The first-order chi connectivity index (χ1) is 16.2. The number of piperidine rings is 1. The molecule has 33 heavy (non-hydrogen) atoms. The molecule has 3 aromatic rings. The van der Waals surface area contributed by atoms with E-state index in [0.717, 1.165) is 35.0 Å². The molecule has 7 nitrogen and oxygen atoms in total. The molecule has 0 atom stereocenters. The predicted octanol–water partition coefficient (Wildman–Crippen LogP) is 3.44. The fraction of sp³-hybridized carbons (Fsp3) is 0.346. The number of rotatable bonds is 4. The van der Waals surface area contributed by atoms with Gasteiger partial charge in [0, 0.05) is 43.0 Å². The Kier molecular flexibility index (Phi) is 6.21. The maximum atomic E-state index is 13.0. The van der Waals surface area contributed by atoms with Crippen molar-refractivity contribution in [2.45, 2.75) is 12.8 Å². The fourth-order valence-electron chi connectivity index (χ4n) is 4.58. The zero-order chi connectivity index (χ0) is 22.6. The molecule has 170 valence electrons. The molecule has 3 heterocycles. The zero-order valence-electron chi connectivity index (χ0n) is 18.6. The lowest BCUT2D eigenvalue weighted by Gasteiger charge is -2.35. The molecule has 0 bridgehead atoms. The molecule has 7 heteroatoms. The molecule has 2 amide bonds. The van der Waals surface area contributed by atoms with E-state index in [2.05, 4.69) is 10.2 Å². The van der Waals surface area contributed by atoms with Gasteiger partial charge in [0.15, 0.2) is 0 Å². The molecule has 2 aliphatic heterocycles. The number of para-hydroxylation sites is 1. The molecule has 0 unspecified atom stereocenters. The Balaban J connectivity index is 1.17. The summed E-state index contributed by atoms with van der Waals surface area (Å²) < 4.78 is 5.34. The molecule has 5 rings (SSSR count). The Hall–Kier alpha value is -3.45. The van der Waals surface area contributed by atoms with Gasteiger partial charge in [-0.05, 0) is 42.7 Å². The second-order valence-electron chi connectivity index (χ2n) is 8.61. The topological polar surface area (TPSA) is 78.5 Å². The van der Waals surface area contributed by atoms with Crippen LogP contribution < -0.4 is 0 Å². The molecule has 2 aliphatic rings. The van der Waals surface area contributed by atoms with Crippen molar-refractivity contribution in [3.63, 3.8) is 0 Å². The molecule has 1 aromatic heterocycles. The van der Waals surface area contributed by atoms with Crippen molar-refractivity contribution in [3.8, 4) is 0 Å². The number of aromatic nitrogens is 2. The van der Waals surface area contributed by atoms with Gasteiger partial charge < -0.3 is 14.5 Å². The number of fused-ring (bicyclic) bond motifs is 1. The number of aromatic amines is 1. The summed E-state index contributed by atoms with van der Waals surface area (Å²) in [5, 5.41) is 8.47. The monoisotopic (exact) mass is 444 g/mol. The van der Waals surface area contributed by atoms with Crippen molar-refractivity contribution in [1.29, 1.82) is 0 Å². The van der Waals surface area contributed by atoms with Crippen LogP contribution in [0.25, 0.3) is 23.1 Å². The number of ether oxygens (including phenoxy) is 1. The highest BCUT2D eigenvalue weighted by Crippen LogP contribution is 2.22. The molecule has 1 N–H and O–H groups in total. The number of amides is 2. The average Bonchev–Trinajstić information content (AvgIpc) is 3.31. The third-order valence-electron chi connectivity index (χ3n) is 6.55. The van der Waals surface area contributed by atoms with Crippen LogP contribution in [0.3, 0.4) is 0 Å². The molecule has 0 aliphatic carbocycles. The van der Waals surface area contributed by atoms with Gasteiger partial charge in [0.05, 0.1) is 24.4 Å². The Morgan fingerprint density at radius 3 is 2.39 bits per heavy atom. The van der Waals surface area contributed by atoms with Crippen LogP contribution in [0, 0.1) is 5.92 Å². The summed E-state index contributed by atoms with van der Waals surface area (Å²) in [7, 11) is 0. The minimum absolute atomic E-state index is 0.0118. The third-order valence-corrected chi connectivity index (χ3v) is 6.55. The van der Waals surface area contributed by atoms with Gasteiger partial charge in [-0.15, -0.1) is 0 Å². The molecule has 2 fully saturated rings. The summed E-state index contributed by atoms with van der Waals surface area (Å²) in [6.45, 7) is 3.82. The second-order valence-corrected chi connectivity index (χ2v) is 8.61. The standard InChI is InChI=1S/C26H28N4O3/c31-25(29-13-11-21(12-14-29)26(32)30-15-17-33-18-16-30)20-8-5-19(6-9-20)7-10-24-22-3-1-2-4-23(22)27-28-24/h1-10,21H,11-18H2,(H,27,28). The molecule has 0 spiro atoms. The van der Waals surface area contributed by atoms with E-state index in [1.165, 1.54) is 0 Å². The SMILES string of the molecule is O=C(c1ccc(C=Cc2n[nH]c3ccccc23)cc1)N1CCC(C(=O)N2CCOCC2)CC1. The molecule has 2 aromatic carbocycles. The molecular weight excluding hydrogens is 416 g/mol. The lowest BCUT2D eigenvalue weighted by atomic mass is 9.94. The van der Waals surface area contributed by atoms with Crippen molar-refractivity contribution in [2.75, 3.05) is 39.4 Å². The molecule has 0 radical (unpaired) electrons. The third kappa shape index (κ3) is 4.68. The van der Waals surface area contributed by atoms with Crippen LogP contribution in [0.4, 0.5) is 0 Å². The first kappa shape index (κ1) is 21.4. The molecular formula is C26H28N4O3. The van der Waals surface area contributed by atoms with E-state index in [-0.39, 0.29) is 17.7 Å². The van der Waals surface area contributed by atoms with Gasteiger partial charge in [-0.2, -0.15) is 5.10 Å². The van der Waals surface area contributed by atoms with Gasteiger partial charge in [-0.25, -0.2) is 0 Å². The van der Waals surface area contributed by atoms with Gasteiger partial charge in [-0.1, -0.05) is 36.4 Å². The first-order valence-corrected chi connectivity index (χ1v) is 11.6. The van der Waals surface area contributed by atoms with E-state index in [0.29, 0.717) is 45.0 Å². The minimum Gasteiger partial charge on any atom is -0.378 e. The Morgan fingerprint density at radius 1 is 0.909 bits per heavy atom. The fourth-order valence-corrected chi connectivity index (χ4v) is 4.58. The van der Waals surface area contributed by atoms with E-state index in [4.69, 9.17) is 4.74 Å². The van der Waals surface area contributed by atoms with Crippen molar-refractivity contribution in [3.05, 3.63) is 65.4 Å². The van der Waals surface area contributed by atoms with Gasteiger partial charge in [-0.3, -0.25) is 14.7 Å². The maximum absolute atomic E-state index is 13.0. The number of nitrogens with zero attached hydrogens (tertiary/aromatic N) is 3. The minimum atomic E-state index is 0.0118. The van der Waals surface area contributed by atoms with Crippen LogP contribution in [0.15, 0.2) is 48.5 Å². The summed E-state index contributed by atoms with van der Waals surface area (Å²) in [5.41, 5.74) is 3.58. The van der Waals surface area contributed by atoms with Gasteiger partial charge in [0.25, 0.3) is 5.91 Å². The van der Waals surface area contributed by atoms with Crippen LogP contribution in [0.2, 0.25) is 0 Å². The summed E-state index contributed by atoms with van der Waals surface area (Å²) in [6, 6.07) is 15.7. The van der Waals surface area contributed by atoms with E-state index in [9.17, 15) is 9.59 Å².